The average Bonchev–Trinajstić information content (AvgIpc) is 3.53. The Morgan fingerprint density at radius 1 is 0.745 bits per heavy atom. The van der Waals surface area contributed by atoms with Gasteiger partial charge in [-0.3, -0.25) is 24.6 Å². The van der Waals surface area contributed by atoms with Crippen molar-refractivity contribution in [3.8, 4) is 5.75 Å². The number of piperidine rings is 2. The van der Waals surface area contributed by atoms with Crippen molar-refractivity contribution >= 4 is 29.1 Å². The van der Waals surface area contributed by atoms with Crippen molar-refractivity contribution in [2.75, 3.05) is 68.8 Å². The molecule has 0 radical (unpaired) electrons. The fourth-order valence-electron chi connectivity index (χ4n) is 10.5. The molecule has 2 N–H and O–H groups in total. The van der Waals surface area contributed by atoms with E-state index in [2.05, 4.69) is 32.1 Å². The molecule has 11 heteroatoms. The van der Waals surface area contributed by atoms with Crippen LogP contribution in [0.25, 0.3) is 0 Å². The molecule has 9 rings (SSSR count). The number of phenolic OH excluding ortho intramolecular Hbond substituents is 1. The lowest BCUT2D eigenvalue weighted by Crippen LogP contribution is -2.52. The molecule has 0 aromatic heterocycles. The second-order valence-corrected chi connectivity index (χ2v) is 16.7. The van der Waals surface area contributed by atoms with Crippen molar-refractivity contribution in [1.29, 1.82) is 0 Å². The van der Waals surface area contributed by atoms with Gasteiger partial charge < -0.3 is 24.5 Å². The highest BCUT2D eigenvalue weighted by Gasteiger charge is 2.40. The molecule has 0 bridgehead atoms. The van der Waals surface area contributed by atoms with Gasteiger partial charge in [-0.25, -0.2) is 4.39 Å². The highest BCUT2D eigenvalue weighted by molar-refractivity contribution is 6.05. The van der Waals surface area contributed by atoms with Gasteiger partial charge in [0.15, 0.2) is 0 Å². The predicted molar refractivity (Wildman–Crippen MR) is 208 cm³/mol. The topological polar surface area (TPSA) is 106 Å². The maximum atomic E-state index is 16.3. The summed E-state index contributed by atoms with van der Waals surface area (Å²) in [6.45, 7) is 8.63. The number of rotatable bonds is 7. The van der Waals surface area contributed by atoms with E-state index in [9.17, 15) is 19.5 Å². The second kappa shape index (κ2) is 15.2. The number of carbonyl (C=O) groups is 3. The van der Waals surface area contributed by atoms with Crippen molar-refractivity contribution in [1.82, 2.24) is 15.1 Å². The molecule has 1 unspecified atom stereocenters. The van der Waals surface area contributed by atoms with Gasteiger partial charge in [0.2, 0.25) is 11.8 Å². The third-order valence-corrected chi connectivity index (χ3v) is 13.6. The van der Waals surface area contributed by atoms with Crippen LogP contribution in [0, 0.1) is 23.6 Å². The SMILES string of the molecule is O=C1CCC(N2Cc3cc(N4CCN(CC5CCN(c6ccc([C@H]7c8ccc(O)cc8CC[C@H]7C7CCOCC7)c(F)c6)CC5)CC4)ccc3C2=O)C(=O)N1. The number of fused-ring (bicyclic) bond motifs is 2. The first-order chi connectivity index (χ1) is 26.8. The van der Waals surface area contributed by atoms with Gasteiger partial charge in [0.05, 0.1) is 0 Å². The standard InChI is InChI=1S/C44H52FN5O5/c45-39-25-33(3-7-38(39)42-35(29-13-21-55-22-14-29)5-1-30-24-34(51)4-8-36(30)42)48-15-11-28(12-16-48)26-47-17-19-49(20-18-47)32-2-6-37-31(23-32)27-50(44(37)54)40-9-10-41(52)46-43(40)53/h2-4,6-8,23-25,28-29,35,40,42,51H,1,5,9-22,26-27H2,(H,46,52,53)/t35-,40?,42+/m0/s1. The Labute approximate surface area is 322 Å². The minimum Gasteiger partial charge on any atom is -0.508 e. The number of halogens is 1. The van der Waals surface area contributed by atoms with E-state index in [4.69, 9.17) is 4.74 Å². The van der Waals surface area contributed by atoms with Crippen LogP contribution in [0.15, 0.2) is 54.6 Å². The smallest absolute Gasteiger partial charge is 0.255 e. The number of hydrogen-bond acceptors (Lipinski definition) is 8. The fourth-order valence-corrected chi connectivity index (χ4v) is 10.5. The first-order valence-electron chi connectivity index (χ1n) is 20.5. The van der Waals surface area contributed by atoms with E-state index in [-0.39, 0.29) is 41.6 Å². The Morgan fingerprint density at radius 3 is 2.24 bits per heavy atom. The molecule has 10 nitrogen and oxygen atoms in total. The molecule has 5 aliphatic heterocycles. The van der Waals surface area contributed by atoms with Gasteiger partial charge in [0.25, 0.3) is 5.91 Å². The number of nitrogens with zero attached hydrogens (tertiary/aromatic N) is 4. The summed E-state index contributed by atoms with van der Waals surface area (Å²) in [4.78, 5) is 46.2. The summed E-state index contributed by atoms with van der Waals surface area (Å²) in [6, 6.07) is 17.0. The molecule has 4 fully saturated rings. The van der Waals surface area contributed by atoms with Gasteiger partial charge >= 0.3 is 0 Å². The van der Waals surface area contributed by atoms with E-state index in [0.29, 0.717) is 36.3 Å². The Hall–Kier alpha value is -4.48. The molecular weight excluding hydrogens is 698 g/mol. The second-order valence-electron chi connectivity index (χ2n) is 16.7. The molecule has 3 amide bonds. The van der Waals surface area contributed by atoms with Gasteiger partial charge in [-0.15, -0.1) is 0 Å². The summed E-state index contributed by atoms with van der Waals surface area (Å²) in [7, 11) is 0. The van der Waals surface area contributed by atoms with Crippen LogP contribution >= 0.6 is 0 Å². The van der Waals surface area contributed by atoms with Crippen molar-refractivity contribution < 1.29 is 28.6 Å². The number of benzene rings is 3. The molecular formula is C44H52FN5O5. The molecule has 0 spiro atoms. The number of nitrogens with one attached hydrogen (secondary N) is 1. The van der Waals surface area contributed by atoms with Gasteiger partial charge in [0.1, 0.15) is 17.6 Å². The molecule has 3 aromatic rings. The number of anilines is 2. The highest BCUT2D eigenvalue weighted by atomic mass is 19.1. The van der Waals surface area contributed by atoms with Crippen molar-refractivity contribution in [2.45, 2.75) is 69.9 Å². The van der Waals surface area contributed by atoms with Crippen molar-refractivity contribution in [2.24, 2.45) is 17.8 Å². The predicted octanol–water partition coefficient (Wildman–Crippen LogP) is 5.45. The molecule has 1 aliphatic carbocycles. The van der Waals surface area contributed by atoms with E-state index in [1.807, 2.05) is 30.3 Å². The first kappa shape index (κ1) is 36.2. The number of ether oxygens (including phenoxy) is 1. The van der Waals surface area contributed by atoms with Crippen LogP contribution in [0.3, 0.4) is 0 Å². The van der Waals surface area contributed by atoms with E-state index < -0.39 is 6.04 Å². The number of carbonyl (C=O) groups excluding carboxylic acids is 3. The lowest BCUT2D eigenvalue weighted by molar-refractivity contribution is -0.136. The van der Waals surface area contributed by atoms with Crippen LogP contribution in [-0.4, -0.2) is 97.7 Å². The number of amides is 3. The van der Waals surface area contributed by atoms with Crippen LogP contribution < -0.4 is 15.1 Å². The number of piperazine rings is 1. The fraction of sp³-hybridized carbons (Fsp3) is 0.523. The Kier molecular flexibility index (Phi) is 10.0. The van der Waals surface area contributed by atoms with E-state index in [1.54, 1.807) is 17.0 Å². The molecule has 4 saturated heterocycles. The number of aryl methyl sites for hydroxylation is 1. The number of imide groups is 1. The summed E-state index contributed by atoms with van der Waals surface area (Å²) in [5.41, 5.74) is 6.74. The van der Waals surface area contributed by atoms with Crippen LogP contribution in [0.1, 0.15) is 83.5 Å². The van der Waals surface area contributed by atoms with Crippen LogP contribution in [0.4, 0.5) is 15.8 Å². The summed E-state index contributed by atoms with van der Waals surface area (Å²) >= 11 is 0. The third kappa shape index (κ3) is 7.21. The van der Waals surface area contributed by atoms with Crippen molar-refractivity contribution in [3.05, 3.63) is 88.2 Å². The van der Waals surface area contributed by atoms with Gasteiger partial charge in [-0.1, -0.05) is 12.1 Å². The first-order valence-corrected chi connectivity index (χ1v) is 20.5. The minimum atomic E-state index is -0.601. The van der Waals surface area contributed by atoms with E-state index in [1.165, 1.54) is 0 Å². The lowest BCUT2D eigenvalue weighted by atomic mass is 9.65. The van der Waals surface area contributed by atoms with Crippen LogP contribution in [0.2, 0.25) is 0 Å². The molecule has 0 saturated carbocycles. The van der Waals surface area contributed by atoms with Gasteiger partial charge in [-0.2, -0.15) is 0 Å². The van der Waals surface area contributed by atoms with Gasteiger partial charge in [-0.05, 0) is 127 Å². The van der Waals surface area contributed by atoms with E-state index in [0.717, 1.165) is 131 Å². The average molecular weight is 750 g/mol. The normalized spacial score (nSPS) is 25.6. The summed E-state index contributed by atoms with van der Waals surface area (Å²) < 4.78 is 22.0. The van der Waals surface area contributed by atoms with E-state index >= 15 is 4.39 Å². The molecule has 3 aromatic carbocycles. The number of hydrogen-bond donors (Lipinski definition) is 2. The molecule has 5 heterocycles. The van der Waals surface area contributed by atoms with Crippen LogP contribution in [0.5, 0.6) is 5.75 Å². The molecule has 6 aliphatic rings. The maximum Gasteiger partial charge on any atom is 0.255 e. The monoisotopic (exact) mass is 749 g/mol. The molecule has 55 heavy (non-hydrogen) atoms. The molecule has 3 atom stereocenters. The Bertz CT molecular complexity index is 1950. The Balaban J connectivity index is 0.787. The number of aromatic hydroxyl groups is 1. The number of phenols is 1. The van der Waals surface area contributed by atoms with Gasteiger partial charge in [0, 0.05) is 94.8 Å². The quantitative estimate of drug-likeness (QED) is 0.308. The van der Waals surface area contributed by atoms with Crippen molar-refractivity contribution in [3.63, 3.8) is 0 Å². The van der Waals surface area contributed by atoms with Crippen LogP contribution in [-0.2, 0) is 27.3 Å². The summed E-state index contributed by atoms with van der Waals surface area (Å²) in [5.74, 6) is 0.807. The summed E-state index contributed by atoms with van der Waals surface area (Å²) in [5, 5.41) is 12.6. The minimum absolute atomic E-state index is 0.0186. The maximum absolute atomic E-state index is 16.3. The Morgan fingerprint density at radius 2 is 1.47 bits per heavy atom. The highest BCUT2D eigenvalue weighted by Crippen LogP contribution is 2.48. The molecule has 290 valence electrons. The zero-order chi connectivity index (χ0) is 37.6. The largest absolute Gasteiger partial charge is 0.508 e. The summed E-state index contributed by atoms with van der Waals surface area (Å²) in [6.07, 6.45) is 6.73. The third-order valence-electron chi connectivity index (χ3n) is 13.6. The zero-order valence-electron chi connectivity index (χ0n) is 31.6. The lowest BCUT2D eigenvalue weighted by Gasteiger charge is -2.41. The zero-order valence-corrected chi connectivity index (χ0v) is 31.6.